The Morgan fingerprint density at radius 2 is 1.97 bits per heavy atom. The van der Waals surface area contributed by atoms with E-state index in [4.69, 9.17) is 4.74 Å². The van der Waals surface area contributed by atoms with Crippen molar-refractivity contribution < 1.29 is 9.53 Å². The first-order chi connectivity index (χ1) is 16.6. The minimum Gasteiger partial charge on any atom is -0.489 e. The van der Waals surface area contributed by atoms with Gasteiger partial charge in [-0.25, -0.2) is 4.98 Å². The number of anilines is 5. The van der Waals surface area contributed by atoms with Crippen LogP contribution in [0.2, 0.25) is 0 Å². The second-order valence-electron chi connectivity index (χ2n) is 9.18. The summed E-state index contributed by atoms with van der Waals surface area (Å²) >= 11 is 0. The monoisotopic (exact) mass is 456 g/mol. The lowest BCUT2D eigenvalue weighted by Gasteiger charge is -2.46. The molecule has 2 fully saturated rings. The van der Waals surface area contributed by atoms with Gasteiger partial charge in [0.2, 0.25) is 5.95 Å². The number of ketones is 1. The molecule has 8 nitrogen and oxygen atoms in total. The molecule has 0 radical (unpaired) electrons. The molecule has 0 spiro atoms. The number of Topliss-reactive ketones (excluding diaryl/α,β-unsaturated/α-hetero) is 1. The van der Waals surface area contributed by atoms with Crippen molar-refractivity contribution in [3.8, 4) is 5.75 Å². The fourth-order valence-electron chi connectivity index (χ4n) is 4.68. The van der Waals surface area contributed by atoms with Gasteiger partial charge in [-0.1, -0.05) is 18.2 Å². The molecule has 34 heavy (non-hydrogen) atoms. The van der Waals surface area contributed by atoms with Gasteiger partial charge >= 0.3 is 0 Å². The fourth-order valence-corrected chi connectivity index (χ4v) is 4.68. The minimum atomic E-state index is -0.0428. The molecule has 8 heteroatoms. The van der Waals surface area contributed by atoms with Crippen LogP contribution in [-0.2, 0) is 0 Å². The zero-order valence-corrected chi connectivity index (χ0v) is 19.2. The predicted octanol–water partition coefficient (Wildman–Crippen LogP) is 4.08. The Morgan fingerprint density at radius 1 is 1.12 bits per heavy atom. The summed E-state index contributed by atoms with van der Waals surface area (Å²) in [6, 6.07) is 17.4. The van der Waals surface area contributed by atoms with E-state index in [0.717, 1.165) is 49.6 Å². The van der Waals surface area contributed by atoms with Gasteiger partial charge < -0.3 is 25.2 Å². The van der Waals surface area contributed by atoms with E-state index in [0.29, 0.717) is 36.0 Å². The van der Waals surface area contributed by atoms with Gasteiger partial charge in [0.25, 0.3) is 0 Å². The van der Waals surface area contributed by atoms with Gasteiger partial charge in [-0.3, -0.25) is 4.79 Å². The van der Waals surface area contributed by atoms with Gasteiger partial charge in [0.05, 0.1) is 17.3 Å². The number of benzene rings is 2. The summed E-state index contributed by atoms with van der Waals surface area (Å²) in [5, 5.41) is 6.62. The summed E-state index contributed by atoms with van der Waals surface area (Å²) in [5.74, 6) is 1.88. The smallest absolute Gasteiger partial charge is 0.229 e. The summed E-state index contributed by atoms with van der Waals surface area (Å²) in [7, 11) is 0. The lowest BCUT2D eigenvalue weighted by Crippen LogP contribution is -2.57. The van der Waals surface area contributed by atoms with E-state index in [1.54, 1.807) is 6.20 Å². The number of aromatic nitrogens is 2. The first-order valence-corrected chi connectivity index (χ1v) is 11.9. The molecule has 1 saturated carbocycles. The van der Waals surface area contributed by atoms with Crippen LogP contribution in [0.25, 0.3) is 0 Å². The number of hydrogen-bond donors (Lipinski definition) is 2. The summed E-state index contributed by atoms with van der Waals surface area (Å²) in [6.45, 7) is 5.06. The number of fused-ring (bicyclic) bond motifs is 3. The van der Waals surface area contributed by atoms with Gasteiger partial charge in [0.15, 0.2) is 5.78 Å². The number of hydrogen-bond acceptors (Lipinski definition) is 8. The van der Waals surface area contributed by atoms with Crippen LogP contribution in [0.5, 0.6) is 5.75 Å². The van der Waals surface area contributed by atoms with E-state index in [2.05, 4.69) is 66.8 Å². The molecule has 2 N–H and O–H groups in total. The molecule has 1 aliphatic carbocycles. The zero-order valence-electron chi connectivity index (χ0n) is 19.2. The average molecular weight is 457 g/mol. The van der Waals surface area contributed by atoms with Crippen LogP contribution in [0.4, 0.5) is 28.8 Å². The van der Waals surface area contributed by atoms with Crippen LogP contribution >= 0.6 is 0 Å². The molecule has 1 unspecified atom stereocenters. The van der Waals surface area contributed by atoms with Crippen molar-refractivity contribution in [1.29, 1.82) is 0 Å². The molecule has 1 atom stereocenters. The molecule has 3 aromatic rings. The maximum atomic E-state index is 11.9. The number of piperazine rings is 1. The summed E-state index contributed by atoms with van der Waals surface area (Å²) < 4.78 is 6.18. The predicted molar refractivity (Wildman–Crippen MR) is 134 cm³/mol. The van der Waals surface area contributed by atoms with Gasteiger partial charge in [-0.05, 0) is 44.0 Å². The van der Waals surface area contributed by atoms with E-state index in [1.807, 2.05) is 12.1 Å². The molecule has 174 valence electrons. The number of carbonyl (C=O) groups is 1. The summed E-state index contributed by atoms with van der Waals surface area (Å²) in [5.41, 5.74) is 3.76. The average Bonchev–Trinajstić information content (AvgIpc) is 3.68. The highest BCUT2D eigenvalue weighted by molar-refractivity contribution is 5.98. The molecular formula is C26H28N6O2. The molecule has 1 aromatic heterocycles. The first kappa shape index (κ1) is 20.8. The molecule has 2 aromatic carbocycles. The normalized spacial score (nSPS) is 19.0. The Hall–Kier alpha value is -3.81. The first-order valence-electron chi connectivity index (χ1n) is 11.9. The van der Waals surface area contributed by atoms with Crippen molar-refractivity contribution in [1.82, 2.24) is 9.97 Å². The molecule has 3 heterocycles. The van der Waals surface area contributed by atoms with E-state index in [-0.39, 0.29) is 5.78 Å². The second kappa shape index (κ2) is 8.52. The third kappa shape index (κ3) is 4.11. The van der Waals surface area contributed by atoms with Crippen LogP contribution in [0.15, 0.2) is 54.7 Å². The fraction of sp³-hybridized carbons (Fsp3) is 0.346. The van der Waals surface area contributed by atoms with Crippen molar-refractivity contribution in [3.63, 3.8) is 0 Å². The van der Waals surface area contributed by atoms with Crippen molar-refractivity contribution in [2.24, 2.45) is 0 Å². The Kier molecular flexibility index (Phi) is 5.20. The highest BCUT2D eigenvalue weighted by Gasteiger charge is 2.33. The lowest BCUT2D eigenvalue weighted by atomic mass is 10.1. The van der Waals surface area contributed by atoms with Crippen LogP contribution < -0.4 is 25.2 Å². The van der Waals surface area contributed by atoms with Gasteiger partial charge in [0.1, 0.15) is 18.2 Å². The van der Waals surface area contributed by atoms with Gasteiger partial charge in [-0.2, -0.15) is 4.98 Å². The van der Waals surface area contributed by atoms with Gasteiger partial charge in [0, 0.05) is 49.3 Å². The Bertz CT molecular complexity index is 1210. The lowest BCUT2D eigenvalue weighted by molar-refractivity contribution is 0.101. The molecule has 0 bridgehead atoms. The van der Waals surface area contributed by atoms with Crippen LogP contribution in [0.3, 0.4) is 0 Å². The topological polar surface area (TPSA) is 82.6 Å². The number of nitrogens with zero attached hydrogens (tertiary/aromatic N) is 4. The molecule has 1 saturated heterocycles. The summed E-state index contributed by atoms with van der Waals surface area (Å²) in [6.07, 6.45) is 3.80. The standard InChI is InChI=1S/C26H28N6O2/c1-17(33)22-14-27-26(30-25(22)28-18-7-8-18)29-19-9-10-23-24(13-19)34-16-21-15-31(11-12-32(21)23)20-5-3-2-4-6-20/h2-6,9-10,13-14,18,21H,7-8,11-12,15-16H2,1H3,(H2,27,28,29,30). The van der Waals surface area contributed by atoms with Crippen LogP contribution in [-0.4, -0.2) is 54.1 Å². The van der Waals surface area contributed by atoms with E-state index in [1.165, 1.54) is 12.6 Å². The Labute approximate surface area is 199 Å². The van der Waals surface area contributed by atoms with Crippen molar-refractivity contribution >= 4 is 34.6 Å². The van der Waals surface area contributed by atoms with E-state index in [9.17, 15) is 4.79 Å². The number of ether oxygens (including phenoxy) is 1. The Morgan fingerprint density at radius 3 is 2.76 bits per heavy atom. The Balaban J connectivity index is 1.18. The molecule has 2 aliphatic heterocycles. The molecule has 3 aliphatic rings. The number of rotatable bonds is 6. The van der Waals surface area contributed by atoms with Crippen molar-refractivity contribution in [3.05, 3.63) is 60.3 Å². The van der Waals surface area contributed by atoms with Crippen molar-refractivity contribution in [2.45, 2.75) is 31.8 Å². The SMILES string of the molecule is CC(=O)c1cnc(Nc2ccc3c(c2)OCC2CN(c4ccccc4)CCN32)nc1NC1CC1. The van der Waals surface area contributed by atoms with E-state index < -0.39 is 0 Å². The molecule has 0 amide bonds. The van der Waals surface area contributed by atoms with Crippen molar-refractivity contribution in [2.75, 3.05) is 46.7 Å². The van der Waals surface area contributed by atoms with Crippen LogP contribution in [0, 0.1) is 0 Å². The van der Waals surface area contributed by atoms with Crippen LogP contribution in [0.1, 0.15) is 30.1 Å². The number of para-hydroxylation sites is 1. The zero-order chi connectivity index (χ0) is 23.1. The number of nitrogens with one attached hydrogen (secondary N) is 2. The van der Waals surface area contributed by atoms with E-state index >= 15 is 0 Å². The quantitative estimate of drug-likeness (QED) is 0.537. The largest absolute Gasteiger partial charge is 0.489 e. The minimum absolute atomic E-state index is 0.0428. The molecule has 6 rings (SSSR count). The highest BCUT2D eigenvalue weighted by atomic mass is 16.5. The molecular weight excluding hydrogens is 428 g/mol. The number of carbonyl (C=O) groups excluding carboxylic acids is 1. The highest BCUT2D eigenvalue weighted by Crippen LogP contribution is 2.38. The maximum absolute atomic E-state index is 11.9. The second-order valence-corrected chi connectivity index (χ2v) is 9.18. The summed E-state index contributed by atoms with van der Waals surface area (Å²) in [4.78, 5) is 25.8. The third-order valence-electron chi connectivity index (χ3n) is 6.65. The maximum Gasteiger partial charge on any atom is 0.229 e. The third-order valence-corrected chi connectivity index (χ3v) is 6.65. The van der Waals surface area contributed by atoms with Gasteiger partial charge in [-0.15, -0.1) is 0 Å².